The van der Waals surface area contributed by atoms with Crippen LogP contribution in [-0.4, -0.2) is 25.0 Å². The molecule has 1 rings (SSSR count). The first kappa shape index (κ1) is 17.0. The minimum atomic E-state index is -0.501. The summed E-state index contributed by atoms with van der Waals surface area (Å²) in [5.74, 6) is 0.672. The largest absolute Gasteiger partial charge is 0.467 e. The van der Waals surface area contributed by atoms with Crippen molar-refractivity contribution in [1.29, 1.82) is 0 Å². The molecule has 0 bridgehead atoms. The lowest BCUT2D eigenvalue weighted by Crippen LogP contribution is -2.42. The van der Waals surface area contributed by atoms with Crippen LogP contribution in [0.2, 0.25) is 0 Å². The van der Waals surface area contributed by atoms with Crippen molar-refractivity contribution in [2.75, 3.05) is 7.11 Å². The molecule has 4 heteroatoms. The molecule has 0 aliphatic heterocycles. The third-order valence-corrected chi connectivity index (χ3v) is 4.03. The van der Waals surface area contributed by atoms with Crippen molar-refractivity contribution in [2.45, 2.75) is 71.3 Å². The van der Waals surface area contributed by atoms with E-state index in [1.54, 1.807) is 0 Å². The van der Waals surface area contributed by atoms with Crippen molar-refractivity contribution >= 4 is 11.9 Å². The SMILES string of the molecule is COC(=O)[C@H](CC(C)C)NC(=O)CCC1CCCCC1. The van der Waals surface area contributed by atoms with Crippen LogP contribution in [0.15, 0.2) is 0 Å². The van der Waals surface area contributed by atoms with Gasteiger partial charge in [0.05, 0.1) is 7.11 Å². The van der Waals surface area contributed by atoms with Crippen LogP contribution in [0.3, 0.4) is 0 Å². The quantitative estimate of drug-likeness (QED) is 0.731. The van der Waals surface area contributed by atoms with Gasteiger partial charge < -0.3 is 10.1 Å². The zero-order valence-electron chi connectivity index (χ0n) is 13.1. The van der Waals surface area contributed by atoms with Crippen LogP contribution < -0.4 is 5.32 Å². The molecule has 4 nitrogen and oxygen atoms in total. The maximum Gasteiger partial charge on any atom is 0.328 e. The van der Waals surface area contributed by atoms with Crippen molar-refractivity contribution in [3.63, 3.8) is 0 Å². The van der Waals surface area contributed by atoms with Gasteiger partial charge in [0.1, 0.15) is 6.04 Å². The second-order valence-electron chi connectivity index (χ2n) is 6.32. The number of esters is 1. The molecule has 0 unspecified atom stereocenters. The Kier molecular flexibility index (Phi) is 7.63. The fraction of sp³-hybridized carbons (Fsp3) is 0.875. The van der Waals surface area contributed by atoms with E-state index < -0.39 is 6.04 Å². The average molecular weight is 283 g/mol. The first-order valence-corrected chi connectivity index (χ1v) is 7.90. The smallest absolute Gasteiger partial charge is 0.328 e. The lowest BCUT2D eigenvalue weighted by atomic mass is 9.86. The lowest BCUT2D eigenvalue weighted by Gasteiger charge is -2.22. The highest BCUT2D eigenvalue weighted by atomic mass is 16.5. The number of rotatable bonds is 7. The number of ether oxygens (including phenoxy) is 1. The lowest BCUT2D eigenvalue weighted by molar-refractivity contribution is -0.145. The third-order valence-electron chi connectivity index (χ3n) is 4.03. The Morgan fingerprint density at radius 1 is 1.20 bits per heavy atom. The Hall–Kier alpha value is -1.06. The van der Waals surface area contributed by atoms with Gasteiger partial charge in [-0.3, -0.25) is 4.79 Å². The van der Waals surface area contributed by atoms with Gasteiger partial charge in [-0.2, -0.15) is 0 Å². The Labute approximate surface area is 122 Å². The Morgan fingerprint density at radius 3 is 2.40 bits per heavy atom. The maximum atomic E-state index is 12.0. The molecule has 1 fully saturated rings. The normalized spacial score (nSPS) is 17.8. The maximum absolute atomic E-state index is 12.0. The molecule has 1 aliphatic rings. The molecule has 0 saturated heterocycles. The molecule has 0 heterocycles. The van der Waals surface area contributed by atoms with Gasteiger partial charge in [-0.05, 0) is 24.7 Å². The number of methoxy groups -OCH3 is 1. The van der Waals surface area contributed by atoms with Gasteiger partial charge >= 0.3 is 5.97 Å². The molecule has 1 amide bonds. The van der Waals surface area contributed by atoms with E-state index in [1.165, 1.54) is 39.2 Å². The molecule has 1 aliphatic carbocycles. The van der Waals surface area contributed by atoms with Crippen LogP contribution in [-0.2, 0) is 14.3 Å². The minimum absolute atomic E-state index is 0.0216. The predicted octanol–water partition coefficient (Wildman–Crippen LogP) is 3.05. The minimum Gasteiger partial charge on any atom is -0.467 e. The molecule has 0 spiro atoms. The Bertz CT molecular complexity index is 309. The van der Waals surface area contributed by atoms with Crippen LogP contribution in [0.1, 0.15) is 65.2 Å². The summed E-state index contributed by atoms with van der Waals surface area (Å²) >= 11 is 0. The van der Waals surface area contributed by atoms with Crippen LogP contribution in [0, 0.1) is 11.8 Å². The van der Waals surface area contributed by atoms with E-state index in [1.807, 2.05) is 13.8 Å². The number of nitrogens with one attached hydrogen (secondary N) is 1. The van der Waals surface area contributed by atoms with E-state index >= 15 is 0 Å². The van der Waals surface area contributed by atoms with Crippen molar-refractivity contribution in [1.82, 2.24) is 5.32 Å². The number of hydrogen-bond donors (Lipinski definition) is 1. The van der Waals surface area contributed by atoms with Crippen LogP contribution in [0.25, 0.3) is 0 Å². The summed E-state index contributed by atoms with van der Waals surface area (Å²) in [5, 5.41) is 2.83. The molecular weight excluding hydrogens is 254 g/mol. The average Bonchev–Trinajstić information content (AvgIpc) is 2.44. The predicted molar refractivity (Wildman–Crippen MR) is 79.2 cm³/mol. The highest BCUT2D eigenvalue weighted by Crippen LogP contribution is 2.27. The molecule has 116 valence electrons. The van der Waals surface area contributed by atoms with E-state index in [0.29, 0.717) is 24.7 Å². The fourth-order valence-electron chi connectivity index (χ4n) is 2.91. The van der Waals surface area contributed by atoms with Crippen molar-refractivity contribution in [3.8, 4) is 0 Å². The molecule has 20 heavy (non-hydrogen) atoms. The van der Waals surface area contributed by atoms with Crippen LogP contribution in [0.5, 0.6) is 0 Å². The summed E-state index contributed by atoms with van der Waals surface area (Å²) in [7, 11) is 1.36. The topological polar surface area (TPSA) is 55.4 Å². The zero-order chi connectivity index (χ0) is 15.0. The number of carbonyl (C=O) groups excluding carboxylic acids is 2. The molecule has 0 radical (unpaired) electrons. The van der Waals surface area contributed by atoms with Gasteiger partial charge in [-0.1, -0.05) is 46.0 Å². The molecule has 1 N–H and O–H groups in total. The van der Waals surface area contributed by atoms with Crippen molar-refractivity contribution < 1.29 is 14.3 Å². The highest BCUT2D eigenvalue weighted by Gasteiger charge is 2.23. The van der Waals surface area contributed by atoms with Gasteiger partial charge in [0.15, 0.2) is 0 Å². The zero-order valence-corrected chi connectivity index (χ0v) is 13.1. The fourth-order valence-corrected chi connectivity index (χ4v) is 2.91. The molecule has 0 aromatic carbocycles. The summed E-state index contributed by atoms with van der Waals surface area (Å²) in [6.45, 7) is 4.06. The molecule has 1 atom stereocenters. The second-order valence-corrected chi connectivity index (χ2v) is 6.32. The first-order valence-electron chi connectivity index (χ1n) is 7.90. The van der Waals surface area contributed by atoms with E-state index in [-0.39, 0.29) is 11.9 Å². The third kappa shape index (κ3) is 6.40. The molecular formula is C16H29NO3. The highest BCUT2D eigenvalue weighted by molar-refractivity contribution is 5.84. The van der Waals surface area contributed by atoms with E-state index in [9.17, 15) is 9.59 Å². The van der Waals surface area contributed by atoms with E-state index in [0.717, 1.165) is 6.42 Å². The van der Waals surface area contributed by atoms with Gasteiger partial charge in [0.2, 0.25) is 5.91 Å². The van der Waals surface area contributed by atoms with Crippen molar-refractivity contribution in [3.05, 3.63) is 0 Å². The van der Waals surface area contributed by atoms with Crippen molar-refractivity contribution in [2.24, 2.45) is 11.8 Å². The first-order chi connectivity index (χ1) is 9.52. The summed E-state index contributed by atoms with van der Waals surface area (Å²) in [6, 6.07) is -0.501. The standard InChI is InChI=1S/C16H29NO3/c1-12(2)11-14(16(19)20-3)17-15(18)10-9-13-7-5-4-6-8-13/h12-14H,4-11H2,1-3H3,(H,17,18)/t14-/m0/s1. The summed E-state index contributed by atoms with van der Waals surface area (Å²) < 4.78 is 4.75. The monoisotopic (exact) mass is 283 g/mol. The van der Waals surface area contributed by atoms with Gasteiger partial charge in [0, 0.05) is 6.42 Å². The number of hydrogen-bond acceptors (Lipinski definition) is 3. The van der Waals surface area contributed by atoms with Gasteiger partial charge in [-0.25, -0.2) is 4.79 Å². The summed E-state index contributed by atoms with van der Waals surface area (Å²) in [5.41, 5.74) is 0. The van der Waals surface area contributed by atoms with Crippen LogP contribution >= 0.6 is 0 Å². The Balaban J connectivity index is 2.34. The van der Waals surface area contributed by atoms with Gasteiger partial charge in [-0.15, -0.1) is 0 Å². The molecule has 0 aromatic rings. The number of carbonyl (C=O) groups is 2. The van der Waals surface area contributed by atoms with Gasteiger partial charge in [0.25, 0.3) is 0 Å². The van der Waals surface area contributed by atoms with E-state index in [4.69, 9.17) is 4.74 Å². The Morgan fingerprint density at radius 2 is 1.85 bits per heavy atom. The van der Waals surface area contributed by atoms with E-state index in [2.05, 4.69) is 5.32 Å². The molecule has 0 aromatic heterocycles. The summed E-state index contributed by atoms with van der Waals surface area (Å²) in [6.07, 6.45) is 8.52. The summed E-state index contributed by atoms with van der Waals surface area (Å²) in [4.78, 5) is 23.6. The van der Waals surface area contributed by atoms with Crippen LogP contribution in [0.4, 0.5) is 0 Å². The second kappa shape index (κ2) is 8.98. The molecule has 1 saturated carbocycles. The number of amides is 1.